The van der Waals surface area contributed by atoms with E-state index < -0.39 is 23.9 Å². The molecule has 0 heterocycles. The van der Waals surface area contributed by atoms with E-state index in [1.807, 2.05) is 19.1 Å². The summed E-state index contributed by atoms with van der Waals surface area (Å²) >= 11 is 3.40. The molecule has 6 heteroatoms. The predicted molar refractivity (Wildman–Crippen MR) is 93.3 cm³/mol. The molecule has 0 aliphatic rings. The molecule has 1 aromatic carbocycles. The average molecular weight is 388 g/mol. The Labute approximate surface area is 146 Å². The summed E-state index contributed by atoms with van der Waals surface area (Å²) in [6.07, 6.45) is -1.49. The van der Waals surface area contributed by atoms with Gasteiger partial charge in [-0.1, -0.05) is 28.9 Å². The highest BCUT2D eigenvalue weighted by atomic mass is 79.9. The van der Waals surface area contributed by atoms with Crippen LogP contribution in [0.2, 0.25) is 0 Å². The fourth-order valence-electron chi connectivity index (χ4n) is 2.17. The summed E-state index contributed by atoms with van der Waals surface area (Å²) in [5.74, 6) is 0. The Balaban J connectivity index is 2.55. The van der Waals surface area contributed by atoms with Gasteiger partial charge in [-0.2, -0.15) is 0 Å². The topological polar surface area (TPSA) is 78.8 Å². The molecule has 130 valence electrons. The first kappa shape index (κ1) is 19.9. The number of hydrogen-bond donors (Lipinski definition) is 3. The van der Waals surface area contributed by atoms with Crippen molar-refractivity contribution in [1.82, 2.24) is 5.32 Å². The van der Waals surface area contributed by atoms with Crippen molar-refractivity contribution in [3.05, 3.63) is 33.8 Å². The van der Waals surface area contributed by atoms with Crippen LogP contribution in [-0.2, 0) is 11.2 Å². The van der Waals surface area contributed by atoms with Crippen molar-refractivity contribution >= 4 is 22.0 Å². The van der Waals surface area contributed by atoms with Gasteiger partial charge in [-0.05, 0) is 56.9 Å². The van der Waals surface area contributed by atoms with Gasteiger partial charge >= 0.3 is 6.09 Å². The van der Waals surface area contributed by atoms with Gasteiger partial charge in [0, 0.05) is 11.0 Å². The number of carbonyl (C=O) groups is 1. The van der Waals surface area contributed by atoms with Crippen molar-refractivity contribution in [2.75, 3.05) is 6.54 Å². The number of alkyl carbamates (subject to hydrolysis) is 1. The number of rotatable bonds is 6. The number of aliphatic hydroxyl groups is 2. The van der Waals surface area contributed by atoms with Crippen LogP contribution in [0.3, 0.4) is 0 Å². The lowest BCUT2D eigenvalue weighted by atomic mass is 9.96. The van der Waals surface area contributed by atoms with E-state index in [-0.39, 0.29) is 13.0 Å². The quantitative estimate of drug-likeness (QED) is 0.699. The van der Waals surface area contributed by atoms with Crippen molar-refractivity contribution in [2.45, 2.75) is 58.3 Å². The molecule has 0 saturated heterocycles. The Bertz CT molecular complexity index is 528. The molecular weight excluding hydrogens is 362 g/mol. The van der Waals surface area contributed by atoms with E-state index in [4.69, 9.17) is 4.74 Å². The zero-order valence-electron chi connectivity index (χ0n) is 14.1. The number of ether oxygens (including phenoxy) is 1. The number of aliphatic hydroxyl groups excluding tert-OH is 2. The van der Waals surface area contributed by atoms with E-state index in [1.54, 1.807) is 26.8 Å². The summed E-state index contributed by atoms with van der Waals surface area (Å²) in [6.45, 7) is 7.57. The molecule has 0 bridgehead atoms. The van der Waals surface area contributed by atoms with Gasteiger partial charge in [0.25, 0.3) is 0 Å². The lowest BCUT2D eigenvalue weighted by molar-refractivity contribution is 0.0118. The highest BCUT2D eigenvalue weighted by Gasteiger charge is 2.21. The minimum Gasteiger partial charge on any atom is -0.444 e. The van der Waals surface area contributed by atoms with E-state index in [0.717, 1.165) is 16.5 Å². The fourth-order valence-corrected chi connectivity index (χ4v) is 2.58. The molecule has 0 saturated carbocycles. The third kappa shape index (κ3) is 6.89. The molecule has 1 aromatic rings. The lowest BCUT2D eigenvalue weighted by Gasteiger charge is -2.22. The Morgan fingerprint density at radius 1 is 1.35 bits per heavy atom. The second kappa shape index (κ2) is 8.66. The van der Waals surface area contributed by atoms with Gasteiger partial charge < -0.3 is 20.3 Å². The van der Waals surface area contributed by atoms with Crippen LogP contribution in [0.15, 0.2) is 22.7 Å². The van der Waals surface area contributed by atoms with Crippen LogP contribution in [0.4, 0.5) is 4.79 Å². The molecule has 0 aromatic heterocycles. The summed E-state index contributed by atoms with van der Waals surface area (Å²) in [4.78, 5) is 11.5. The Hall–Kier alpha value is -1.11. The molecule has 0 spiro atoms. The summed E-state index contributed by atoms with van der Waals surface area (Å²) < 4.78 is 6.05. The van der Waals surface area contributed by atoms with Gasteiger partial charge in [0.05, 0.1) is 6.10 Å². The normalized spacial score (nSPS) is 14.2. The summed E-state index contributed by atoms with van der Waals surface area (Å²) in [5.41, 5.74) is 1.13. The maximum atomic E-state index is 11.5. The van der Waals surface area contributed by atoms with Crippen LogP contribution in [0.25, 0.3) is 0 Å². The fraction of sp³-hybridized carbons (Fsp3) is 0.588. The maximum absolute atomic E-state index is 11.5. The van der Waals surface area contributed by atoms with E-state index in [9.17, 15) is 15.0 Å². The van der Waals surface area contributed by atoms with E-state index in [2.05, 4.69) is 21.2 Å². The summed E-state index contributed by atoms with van der Waals surface area (Å²) in [6, 6.07) is 5.58. The number of benzene rings is 1. The highest BCUT2D eigenvalue weighted by molar-refractivity contribution is 9.10. The number of halogens is 1. The Morgan fingerprint density at radius 2 is 2.00 bits per heavy atom. The largest absolute Gasteiger partial charge is 0.444 e. The lowest BCUT2D eigenvalue weighted by Crippen LogP contribution is -2.34. The van der Waals surface area contributed by atoms with Crippen molar-refractivity contribution in [3.8, 4) is 0 Å². The molecule has 0 aliphatic carbocycles. The second-order valence-corrected chi connectivity index (χ2v) is 7.34. The zero-order valence-corrected chi connectivity index (χ0v) is 15.7. The SMILES string of the molecule is CCc1cc(Br)ccc1C(O)C(O)CCNC(=O)OC(C)(C)C. The third-order valence-electron chi connectivity index (χ3n) is 3.28. The molecule has 5 nitrogen and oxygen atoms in total. The van der Waals surface area contributed by atoms with Crippen molar-refractivity contribution in [1.29, 1.82) is 0 Å². The van der Waals surface area contributed by atoms with Crippen LogP contribution in [0.1, 0.15) is 51.3 Å². The number of aryl methyl sites for hydroxylation is 1. The molecule has 23 heavy (non-hydrogen) atoms. The molecule has 3 N–H and O–H groups in total. The standard InChI is InChI=1S/C17H26BrNO4/c1-5-11-10-12(18)6-7-13(11)15(21)14(20)8-9-19-16(22)23-17(2,3)4/h6-7,10,14-15,20-21H,5,8-9H2,1-4H3,(H,19,22). The molecule has 2 unspecified atom stereocenters. The van der Waals surface area contributed by atoms with Crippen LogP contribution >= 0.6 is 15.9 Å². The number of carbonyl (C=O) groups excluding carboxylic acids is 1. The second-order valence-electron chi connectivity index (χ2n) is 6.43. The summed E-state index contributed by atoms with van der Waals surface area (Å²) in [5, 5.41) is 23.1. The first-order valence-corrected chi connectivity index (χ1v) is 8.54. The van der Waals surface area contributed by atoms with Crippen molar-refractivity contribution in [2.24, 2.45) is 0 Å². The number of amides is 1. The van der Waals surface area contributed by atoms with Gasteiger partial charge in [0.15, 0.2) is 0 Å². The van der Waals surface area contributed by atoms with E-state index >= 15 is 0 Å². The summed E-state index contributed by atoms with van der Waals surface area (Å²) in [7, 11) is 0. The number of nitrogens with one attached hydrogen (secondary N) is 1. The zero-order chi connectivity index (χ0) is 17.6. The number of hydrogen-bond acceptors (Lipinski definition) is 4. The molecule has 0 aliphatic heterocycles. The van der Waals surface area contributed by atoms with Crippen LogP contribution in [-0.4, -0.2) is 34.6 Å². The molecule has 1 amide bonds. The predicted octanol–water partition coefficient (Wildman–Crippen LogP) is 3.32. The van der Waals surface area contributed by atoms with E-state index in [1.165, 1.54) is 0 Å². The van der Waals surface area contributed by atoms with Crippen LogP contribution in [0.5, 0.6) is 0 Å². The smallest absolute Gasteiger partial charge is 0.407 e. The van der Waals surface area contributed by atoms with Crippen molar-refractivity contribution in [3.63, 3.8) is 0 Å². The molecular formula is C17H26BrNO4. The van der Waals surface area contributed by atoms with Gasteiger partial charge in [-0.25, -0.2) is 4.79 Å². The maximum Gasteiger partial charge on any atom is 0.407 e. The molecule has 0 radical (unpaired) electrons. The molecule has 2 atom stereocenters. The van der Waals surface area contributed by atoms with Gasteiger partial charge in [0.1, 0.15) is 11.7 Å². The first-order chi connectivity index (χ1) is 10.6. The van der Waals surface area contributed by atoms with Crippen molar-refractivity contribution < 1.29 is 19.7 Å². The van der Waals surface area contributed by atoms with Crippen LogP contribution in [0, 0.1) is 0 Å². The first-order valence-electron chi connectivity index (χ1n) is 7.75. The Morgan fingerprint density at radius 3 is 2.57 bits per heavy atom. The average Bonchev–Trinajstić information content (AvgIpc) is 2.44. The minimum atomic E-state index is -0.988. The molecule has 1 rings (SSSR count). The third-order valence-corrected chi connectivity index (χ3v) is 3.77. The molecule has 0 fully saturated rings. The van der Waals surface area contributed by atoms with Gasteiger partial charge in [0.2, 0.25) is 0 Å². The van der Waals surface area contributed by atoms with Crippen LogP contribution < -0.4 is 5.32 Å². The highest BCUT2D eigenvalue weighted by Crippen LogP contribution is 2.26. The van der Waals surface area contributed by atoms with Gasteiger partial charge in [-0.3, -0.25) is 0 Å². The Kier molecular flexibility index (Phi) is 7.51. The minimum absolute atomic E-state index is 0.227. The monoisotopic (exact) mass is 387 g/mol. The van der Waals surface area contributed by atoms with E-state index in [0.29, 0.717) is 5.56 Å². The van der Waals surface area contributed by atoms with Gasteiger partial charge in [-0.15, -0.1) is 0 Å².